The molecule has 0 radical (unpaired) electrons. The summed E-state index contributed by atoms with van der Waals surface area (Å²) in [5, 5.41) is 5.99. The molecular formula is C12H16N2O3. The number of carbonyl (C=O) groups is 1. The monoisotopic (exact) mass is 236 g/mol. The van der Waals surface area contributed by atoms with Gasteiger partial charge >= 0.3 is 0 Å². The van der Waals surface area contributed by atoms with Gasteiger partial charge in [0.1, 0.15) is 6.04 Å². The fourth-order valence-electron chi connectivity index (χ4n) is 1.99. The Morgan fingerprint density at radius 1 is 1.24 bits per heavy atom. The van der Waals surface area contributed by atoms with Crippen molar-refractivity contribution in [3.63, 3.8) is 0 Å². The Bertz CT molecular complexity index is 420. The Balaban J connectivity index is 2.39. The van der Waals surface area contributed by atoms with Gasteiger partial charge in [0.2, 0.25) is 5.91 Å². The fraction of sp³-hybridized carbons (Fsp3) is 0.417. The molecule has 2 rings (SSSR count). The van der Waals surface area contributed by atoms with Crippen molar-refractivity contribution in [1.82, 2.24) is 10.6 Å². The van der Waals surface area contributed by atoms with Crippen LogP contribution in [-0.4, -0.2) is 33.2 Å². The summed E-state index contributed by atoms with van der Waals surface area (Å²) < 4.78 is 10.5. The minimum absolute atomic E-state index is 0.0391. The van der Waals surface area contributed by atoms with Crippen LogP contribution in [0.15, 0.2) is 18.2 Å². The minimum atomic E-state index is -0.381. The number of benzene rings is 1. The largest absolute Gasteiger partial charge is 0.493 e. The molecule has 1 heterocycles. The molecule has 1 aromatic carbocycles. The highest BCUT2D eigenvalue weighted by molar-refractivity contribution is 5.85. The van der Waals surface area contributed by atoms with Crippen molar-refractivity contribution >= 4 is 5.91 Å². The second kappa shape index (κ2) is 5.05. The van der Waals surface area contributed by atoms with Crippen LogP contribution in [-0.2, 0) is 4.79 Å². The first-order chi connectivity index (χ1) is 8.27. The molecule has 1 aliphatic rings. The van der Waals surface area contributed by atoms with Gasteiger partial charge in [-0.15, -0.1) is 0 Å². The van der Waals surface area contributed by atoms with Crippen molar-refractivity contribution in [2.45, 2.75) is 6.04 Å². The van der Waals surface area contributed by atoms with Crippen LogP contribution in [0.1, 0.15) is 11.6 Å². The first-order valence-corrected chi connectivity index (χ1v) is 5.50. The van der Waals surface area contributed by atoms with Crippen LogP contribution >= 0.6 is 0 Å². The number of amides is 1. The van der Waals surface area contributed by atoms with E-state index in [1.807, 2.05) is 18.2 Å². The van der Waals surface area contributed by atoms with Crippen molar-refractivity contribution in [1.29, 1.82) is 0 Å². The number of hydrogen-bond acceptors (Lipinski definition) is 4. The number of carbonyl (C=O) groups excluding carboxylic acids is 1. The smallest absolute Gasteiger partial charge is 0.241 e. The zero-order chi connectivity index (χ0) is 12.3. The van der Waals surface area contributed by atoms with Crippen molar-refractivity contribution < 1.29 is 14.3 Å². The third-order valence-corrected chi connectivity index (χ3v) is 2.78. The average Bonchev–Trinajstić information content (AvgIpc) is 2.38. The zero-order valence-corrected chi connectivity index (χ0v) is 9.95. The summed E-state index contributed by atoms with van der Waals surface area (Å²) in [6.07, 6.45) is 0. The van der Waals surface area contributed by atoms with E-state index in [0.29, 0.717) is 18.0 Å². The lowest BCUT2D eigenvalue weighted by molar-refractivity contribution is -0.124. The van der Waals surface area contributed by atoms with E-state index in [1.165, 1.54) is 0 Å². The van der Waals surface area contributed by atoms with Gasteiger partial charge in [-0.2, -0.15) is 0 Å². The molecule has 0 aromatic heterocycles. The van der Waals surface area contributed by atoms with Crippen molar-refractivity contribution in [2.75, 3.05) is 27.3 Å². The van der Waals surface area contributed by atoms with E-state index in [9.17, 15) is 4.79 Å². The van der Waals surface area contributed by atoms with Gasteiger partial charge in [0.05, 0.1) is 14.2 Å². The van der Waals surface area contributed by atoms with Crippen LogP contribution in [0.25, 0.3) is 0 Å². The summed E-state index contributed by atoms with van der Waals surface area (Å²) >= 11 is 0. The summed E-state index contributed by atoms with van der Waals surface area (Å²) in [6, 6.07) is 5.14. The maximum Gasteiger partial charge on any atom is 0.241 e. The molecule has 0 aliphatic carbocycles. The van der Waals surface area contributed by atoms with E-state index >= 15 is 0 Å². The molecule has 0 saturated carbocycles. The van der Waals surface area contributed by atoms with E-state index < -0.39 is 0 Å². The van der Waals surface area contributed by atoms with Crippen LogP contribution in [0.3, 0.4) is 0 Å². The standard InChI is InChI=1S/C12H16N2O3/c1-16-9-5-3-4-8(11(9)17-2)10-12(15)14-7-6-13-10/h3-5,10,13H,6-7H2,1-2H3,(H,14,15)/t10-/m1/s1. The molecule has 1 amide bonds. The van der Waals surface area contributed by atoms with E-state index in [2.05, 4.69) is 10.6 Å². The third kappa shape index (κ3) is 2.19. The van der Waals surface area contributed by atoms with Crippen LogP contribution in [0.4, 0.5) is 0 Å². The zero-order valence-electron chi connectivity index (χ0n) is 9.95. The van der Waals surface area contributed by atoms with Crippen LogP contribution in [0.2, 0.25) is 0 Å². The molecule has 1 aliphatic heterocycles. The average molecular weight is 236 g/mol. The summed E-state index contributed by atoms with van der Waals surface area (Å²) in [5.41, 5.74) is 0.795. The number of rotatable bonds is 3. The van der Waals surface area contributed by atoms with Crippen molar-refractivity contribution in [3.8, 4) is 11.5 Å². The Kier molecular flexibility index (Phi) is 3.49. The van der Waals surface area contributed by atoms with Crippen LogP contribution in [0.5, 0.6) is 11.5 Å². The van der Waals surface area contributed by atoms with Gasteiger partial charge in [-0.3, -0.25) is 4.79 Å². The molecule has 1 atom stereocenters. The quantitative estimate of drug-likeness (QED) is 0.800. The van der Waals surface area contributed by atoms with Crippen LogP contribution in [0, 0.1) is 0 Å². The lowest BCUT2D eigenvalue weighted by atomic mass is 10.0. The number of para-hydroxylation sites is 1. The van der Waals surface area contributed by atoms with Gasteiger partial charge in [-0.05, 0) is 6.07 Å². The molecule has 0 bridgehead atoms. The molecule has 5 nitrogen and oxygen atoms in total. The molecule has 2 N–H and O–H groups in total. The number of ether oxygens (including phenoxy) is 2. The molecule has 5 heteroatoms. The normalized spacial score (nSPS) is 19.6. The minimum Gasteiger partial charge on any atom is -0.493 e. The number of hydrogen-bond donors (Lipinski definition) is 2. The van der Waals surface area contributed by atoms with E-state index in [0.717, 1.165) is 12.1 Å². The lowest BCUT2D eigenvalue weighted by Crippen LogP contribution is -2.47. The van der Waals surface area contributed by atoms with Crippen LogP contribution < -0.4 is 20.1 Å². The number of piperazine rings is 1. The van der Waals surface area contributed by atoms with Gasteiger partial charge < -0.3 is 20.1 Å². The molecule has 0 unspecified atom stereocenters. The molecule has 1 fully saturated rings. The predicted octanol–water partition coefficient (Wildman–Crippen LogP) is 0.464. The second-order valence-corrected chi connectivity index (χ2v) is 3.76. The fourth-order valence-corrected chi connectivity index (χ4v) is 1.99. The molecule has 0 spiro atoms. The Hall–Kier alpha value is -1.75. The highest BCUT2D eigenvalue weighted by Gasteiger charge is 2.27. The van der Waals surface area contributed by atoms with Gasteiger partial charge in [-0.1, -0.05) is 12.1 Å². The Morgan fingerprint density at radius 3 is 2.71 bits per heavy atom. The third-order valence-electron chi connectivity index (χ3n) is 2.78. The lowest BCUT2D eigenvalue weighted by Gasteiger charge is -2.25. The number of nitrogens with one attached hydrogen (secondary N) is 2. The molecular weight excluding hydrogens is 220 g/mol. The first kappa shape index (κ1) is 11.7. The maximum atomic E-state index is 11.8. The van der Waals surface area contributed by atoms with Gasteiger partial charge in [0.25, 0.3) is 0 Å². The molecule has 17 heavy (non-hydrogen) atoms. The molecule has 92 valence electrons. The van der Waals surface area contributed by atoms with Crippen molar-refractivity contribution in [2.24, 2.45) is 0 Å². The van der Waals surface area contributed by atoms with Gasteiger partial charge in [0, 0.05) is 18.7 Å². The van der Waals surface area contributed by atoms with E-state index in [-0.39, 0.29) is 11.9 Å². The summed E-state index contributed by atoms with van der Waals surface area (Å²) in [4.78, 5) is 11.8. The molecule has 1 aromatic rings. The Morgan fingerprint density at radius 2 is 2.06 bits per heavy atom. The topological polar surface area (TPSA) is 59.6 Å². The predicted molar refractivity (Wildman–Crippen MR) is 63.3 cm³/mol. The SMILES string of the molecule is COc1cccc([C@H]2NCCNC2=O)c1OC. The van der Waals surface area contributed by atoms with Gasteiger partial charge in [-0.25, -0.2) is 0 Å². The summed E-state index contributed by atoms with van der Waals surface area (Å²) in [5.74, 6) is 1.19. The second-order valence-electron chi connectivity index (χ2n) is 3.76. The van der Waals surface area contributed by atoms with Crippen molar-refractivity contribution in [3.05, 3.63) is 23.8 Å². The van der Waals surface area contributed by atoms with E-state index in [4.69, 9.17) is 9.47 Å². The first-order valence-electron chi connectivity index (χ1n) is 5.50. The maximum absolute atomic E-state index is 11.8. The molecule has 1 saturated heterocycles. The Labute approximate surface area is 100 Å². The summed E-state index contributed by atoms with van der Waals surface area (Å²) in [6.45, 7) is 1.40. The highest BCUT2D eigenvalue weighted by atomic mass is 16.5. The number of methoxy groups -OCH3 is 2. The highest BCUT2D eigenvalue weighted by Crippen LogP contribution is 2.34. The van der Waals surface area contributed by atoms with Gasteiger partial charge in [0.15, 0.2) is 11.5 Å². The summed E-state index contributed by atoms with van der Waals surface area (Å²) in [7, 11) is 3.15. The van der Waals surface area contributed by atoms with E-state index in [1.54, 1.807) is 14.2 Å².